The lowest BCUT2D eigenvalue weighted by Gasteiger charge is -2.38. The molecule has 4 rings (SSSR count). The van der Waals surface area contributed by atoms with Gasteiger partial charge < -0.3 is 9.47 Å². The molecule has 4 aliphatic rings. The normalized spacial score (nSPS) is 39.0. The van der Waals surface area contributed by atoms with Crippen LogP contribution < -0.4 is 0 Å². The van der Waals surface area contributed by atoms with Crippen molar-refractivity contribution in [2.75, 3.05) is 6.61 Å². The van der Waals surface area contributed by atoms with Crippen molar-refractivity contribution in [3.8, 4) is 0 Å². The first-order chi connectivity index (χ1) is 10.8. The van der Waals surface area contributed by atoms with E-state index in [1.807, 2.05) is 0 Å². The van der Waals surface area contributed by atoms with E-state index in [1.165, 1.54) is 0 Å². The van der Waals surface area contributed by atoms with Gasteiger partial charge in [-0.2, -0.15) is 13.2 Å². The van der Waals surface area contributed by atoms with Crippen LogP contribution in [0.1, 0.15) is 39.0 Å². The third-order valence-electron chi connectivity index (χ3n) is 5.57. The van der Waals surface area contributed by atoms with Crippen molar-refractivity contribution in [1.82, 2.24) is 0 Å². The van der Waals surface area contributed by atoms with Crippen molar-refractivity contribution < 1.29 is 32.2 Å². The minimum Gasteiger partial charge on any atom is -0.466 e. The maximum Gasteiger partial charge on any atom is 0.490 e. The number of hydrogen-bond donors (Lipinski definition) is 0. The molecular weight excluding hydrogens is 313 g/mol. The molecule has 4 atom stereocenters. The van der Waals surface area contributed by atoms with Gasteiger partial charge in [-0.1, -0.05) is 0 Å². The van der Waals surface area contributed by atoms with Gasteiger partial charge in [0.1, 0.15) is 6.10 Å². The molecule has 130 valence electrons. The Labute approximate surface area is 132 Å². The summed E-state index contributed by atoms with van der Waals surface area (Å²) in [6.07, 6.45) is -1.88. The fourth-order valence-corrected chi connectivity index (χ4v) is 5.00. The topological polar surface area (TPSA) is 52.6 Å². The van der Waals surface area contributed by atoms with Gasteiger partial charge in [0.25, 0.3) is 0 Å². The van der Waals surface area contributed by atoms with E-state index in [9.17, 15) is 22.8 Å². The van der Waals surface area contributed by atoms with Crippen LogP contribution in [0.2, 0.25) is 0 Å². The number of esters is 2. The van der Waals surface area contributed by atoms with Gasteiger partial charge in [-0.3, -0.25) is 4.79 Å². The van der Waals surface area contributed by atoms with Gasteiger partial charge in [0, 0.05) is 0 Å². The van der Waals surface area contributed by atoms with Crippen LogP contribution in [0.5, 0.6) is 0 Å². The molecule has 0 radical (unpaired) electrons. The van der Waals surface area contributed by atoms with E-state index in [0.717, 1.165) is 32.1 Å². The van der Waals surface area contributed by atoms with Crippen LogP contribution in [0, 0.1) is 29.6 Å². The van der Waals surface area contributed by atoms with Crippen molar-refractivity contribution in [2.45, 2.75) is 51.3 Å². The largest absolute Gasteiger partial charge is 0.490 e. The van der Waals surface area contributed by atoms with E-state index >= 15 is 0 Å². The number of halogens is 3. The average Bonchev–Trinajstić information content (AvgIpc) is 2.59. The molecule has 4 saturated carbocycles. The summed E-state index contributed by atoms with van der Waals surface area (Å²) in [4.78, 5) is 23.7. The third kappa shape index (κ3) is 3.19. The molecule has 0 amide bonds. The standard InChI is InChI=1S/C16H21F3O4/c1-2-22-14(20)12-10-4-8-3-9(5-10)7-11(6-8)13(12)23-15(21)16(17,18)19/h8-13H,2-7H2,1H3. The molecule has 0 N–H and O–H groups in total. The Morgan fingerprint density at radius 2 is 1.57 bits per heavy atom. The van der Waals surface area contributed by atoms with Gasteiger partial charge >= 0.3 is 18.1 Å². The van der Waals surface area contributed by atoms with Crippen molar-refractivity contribution in [1.29, 1.82) is 0 Å². The number of rotatable bonds is 3. The zero-order valence-corrected chi connectivity index (χ0v) is 13.0. The fraction of sp³-hybridized carbons (Fsp3) is 0.875. The summed E-state index contributed by atoms with van der Waals surface area (Å²) in [5.74, 6) is -2.86. The maximum atomic E-state index is 12.6. The van der Waals surface area contributed by atoms with Crippen molar-refractivity contribution in [3.63, 3.8) is 0 Å². The van der Waals surface area contributed by atoms with Crippen molar-refractivity contribution in [2.24, 2.45) is 29.6 Å². The molecule has 4 fully saturated rings. The number of hydrogen-bond acceptors (Lipinski definition) is 4. The van der Waals surface area contributed by atoms with Crippen LogP contribution in [-0.4, -0.2) is 30.8 Å². The monoisotopic (exact) mass is 334 g/mol. The molecule has 0 aromatic rings. The Hall–Kier alpha value is -1.27. The van der Waals surface area contributed by atoms with Gasteiger partial charge in [0.15, 0.2) is 0 Å². The fourth-order valence-electron chi connectivity index (χ4n) is 5.00. The first kappa shape index (κ1) is 16.6. The summed E-state index contributed by atoms with van der Waals surface area (Å²) < 4.78 is 47.8. The number of carbonyl (C=O) groups is 2. The van der Waals surface area contributed by atoms with E-state index < -0.39 is 30.1 Å². The Kier molecular flexibility index (Phi) is 4.31. The average molecular weight is 334 g/mol. The van der Waals surface area contributed by atoms with E-state index in [0.29, 0.717) is 11.8 Å². The molecule has 4 unspecified atom stereocenters. The quantitative estimate of drug-likeness (QED) is 0.744. The summed E-state index contributed by atoms with van der Waals surface area (Å²) in [6.45, 7) is 1.83. The number of ether oxygens (including phenoxy) is 2. The van der Waals surface area contributed by atoms with E-state index in [1.54, 1.807) is 6.92 Å². The molecule has 4 aliphatic carbocycles. The summed E-state index contributed by atoms with van der Waals surface area (Å²) in [7, 11) is 0. The molecule has 0 aliphatic heterocycles. The summed E-state index contributed by atoms with van der Waals surface area (Å²) in [6, 6.07) is 0. The van der Waals surface area contributed by atoms with Crippen LogP contribution in [0.4, 0.5) is 13.2 Å². The predicted molar refractivity (Wildman–Crippen MR) is 73.1 cm³/mol. The van der Waals surface area contributed by atoms with Crippen molar-refractivity contribution in [3.05, 3.63) is 0 Å². The third-order valence-corrected chi connectivity index (χ3v) is 5.57. The molecule has 4 bridgehead atoms. The Morgan fingerprint density at radius 3 is 2.09 bits per heavy atom. The van der Waals surface area contributed by atoms with Crippen LogP contribution in [0.15, 0.2) is 0 Å². The first-order valence-corrected chi connectivity index (χ1v) is 8.24. The van der Waals surface area contributed by atoms with E-state index in [-0.39, 0.29) is 18.4 Å². The van der Waals surface area contributed by atoms with Gasteiger partial charge in [0.2, 0.25) is 0 Å². The molecule has 7 heteroatoms. The van der Waals surface area contributed by atoms with E-state index in [2.05, 4.69) is 0 Å². The smallest absolute Gasteiger partial charge is 0.466 e. The first-order valence-electron chi connectivity index (χ1n) is 8.24. The highest BCUT2D eigenvalue weighted by molar-refractivity contribution is 5.78. The highest BCUT2D eigenvalue weighted by Crippen LogP contribution is 2.54. The number of carbonyl (C=O) groups excluding carboxylic acids is 2. The van der Waals surface area contributed by atoms with Gasteiger partial charge in [-0.25, -0.2) is 4.79 Å². The minimum absolute atomic E-state index is 0.0451. The molecule has 0 saturated heterocycles. The highest BCUT2D eigenvalue weighted by Gasteiger charge is 2.55. The summed E-state index contributed by atoms with van der Waals surface area (Å²) in [5, 5.41) is 0. The zero-order chi connectivity index (χ0) is 16.8. The molecule has 4 nitrogen and oxygen atoms in total. The second kappa shape index (κ2) is 5.98. The van der Waals surface area contributed by atoms with Gasteiger partial charge in [-0.05, 0) is 62.7 Å². The molecule has 0 heterocycles. The van der Waals surface area contributed by atoms with Gasteiger partial charge in [0.05, 0.1) is 12.5 Å². The summed E-state index contributed by atoms with van der Waals surface area (Å²) >= 11 is 0. The highest BCUT2D eigenvalue weighted by atomic mass is 19.4. The predicted octanol–water partition coefficient (Wildman–Crippen LogP) is 3.10. The molecule has 0 aromatic heterocycles. The van der Waals surface area contributed by atoms with Crippen LogP contribution in [0.3, 0.4) is 0 Å². The summed E-state index contributed by atoms with van der Waals surface area (Å²) in [5.41, 5.74) is 0. The molecule has 0 spiro atoms. The Balaban J connectivity index is 1.88. The lowest BCUT2D eigenvalue weighted by molar-refractivity contribution is -0.212. The SMILES string of the molecule is CCOC(=O)C1C2CC3CC(CC(C3)C1OC(=O)C(F)(F)F)C2. The van der Waals surface area contributed by atoms with E-state index in [4.69, 9.17) is 9.47 Å². The van der Waals surface area contributed by atoms with Crippen molar-refractivity contribution >= 4 is 11.9 Å². The second-order valence-corrected chi connectivity index (χ2v) is 7.08. The Morgan fingerprint density at radius 1 is 1.00 bits per heavy atom. The maximum absolute atomic E-state index is 12.6. The molecular formula is C16H21F3O4. The zero-order valence-electron chi connectivity index (χ0n) is 13.0. The van der Waals surface area contributed by atoms with Crippen LogP contribution >= 0.6 is 0 Å². The lowest BCUT2D eigenvalue weighted by atomic mass is 9.67. The second-order valence-electron chi connectivity index (χ2n) is 7.08. The molecule has 0 aromatic carbocycles. The van der Waals surface area contributed by atoms with Gasteiger partial charge in [-0.15, -0.1) is 0 Å². The van der Waals surface area contributed by atoms with Crippen LogP contribution in [0.25, 0.3) is 0 Å². The van der Waals surface area contributed by atoms with Crippen LogP contribution in [-0.2, 0) is 19.1 Å². The lowest BCUT2D eigenvalue weighted by Crippen LogP contribution is -2.43. The minimum atomic E-state index is -5.04. The number of alkyl halides is 3. The number of fused-ring (bicyclic) bond motifs is 1. The molecule has 23 heavy (non-hydrogen) atoms. The Bertz CT molecular complexity index is 476.